The Hall–Kier alpha value is -2.45. The van der Waals surface area contributed by atoms with Gasteiger partial charge in [-0.05, 0) is 59.9 Å². The van der Waals surface area contributed by atoms with E-state index in [2.05, 4.69) is 4.99 Å². The normalized spacial score (nSPS) is 18.1. The van der Waals surface area contributed by atoms with Crippen LogP contribution in [0.3, 0.4) is 0 Å². The van der Waals surface area contributed by atoms with Gasteiger partial charge in [-0.15, -0.1) is 0 Å². The first-order valence-corrected chi connectivity index (χ1v) is 8.68. The first kappa shape index (κ1) is 22.6. The number of amides is 1. The second-order valence-corrected chi connectivity index (χ2v) is 6.85. The molecule has 148 valence electrons. The van der Waals surface area contributed by atoms with Crippen molar-refractivity contribution in [1.82, 2.24) is 0 Å². The zero-order valence-electron chi connectivity index (χ0n) is 16.1. The minimum absolute atomic E-state index is 0.000488. The molecule has 1 aliphatic carbocycles. The lowest BCUT2D eigenvalue weighted by molar-refractivity contribution is -0.135. The molecule has 0 aromatic rings. The first-order valence-electron chi connectivity index (χ1n) is 8.68. The van der Waals surface area contributed by atoms with Crippen LogP contribution >= 0.6 is 0 Å². The van der Waals surface area contributed by atoms with Crippen LogP contribution in [-0.4, -0.2) is 51.5 Å². The fourth-order valence-corrected chi connectivity index (χ4v) is 2.66. The van der Waals surface area contributed by atoms with Crippen LogP contribution in [0.2, 0.25) is 0 Å². The summed E-state index contributed by atoms with van der Waals surface area (Å²) in [5.41, 5.74) is 4.27. The van der Waals surface area contributed by atoms with Crippen molar-refractivity contribution in [2.45, 2.75) is 59.0 Å². The van der Waals surface area contributed by atoms with Crippen molar-refractivity contribution in [3.8, 4) is 0 Å². The molecule has 0 bridgehead atoms. The van der Waals surface area contributed by atoms with Crippen LogP contribution in [0.15, 0.2) is 27.3 Å². The maximum absolute atomic E-state index is 12.4. The van der Waals surface area contributed by atoms with Gasteiger partial charge in [0.2, 0.25) is 0 Å². The minimum Gasteiger partial charge on any atom is -0.477 e. The third-order valence-electron chi connectivity index (χ3n) is 4.73. The van der Waals surface area contributed by atoms with E-state index in [4.69, 9.17) is 10.8 Å². The molecule has 0 aromatic heterocycles. The van der Waals surface area contributed by atoms with Gasteiger partial charge in [0.05, 0.1) is 0 Å². The lowest BCUT2D eigenvalue weighted by Crippen LogP contribution is -2.36. The Labute approximate surface area is 157 Å². The summed E-state index contributed by atoms with van der Waals surface area (Å²) >= 11 is 0. The SMILES string of the molecule is CC1=C(C)C(=O)C(CC[C@@](C)(O)C(=O)N=C(CCCN)C(=O)O)=C(C)C1=O. The van der Waals surface area contributed by atoms with Crippen molar-refractivity contribution < 1.29 is 29.4 Å². The number of ketones is 2. The molecule has 0 saturated carbocycles. The second-order valence-electron chi connectivity index (χ2n) is 6.85. The van der Waals surface area contributed by atoms with Gasteiger partial charge >= 0.3 is 5.97 Å². The van der Waals surface area contributed by atoms with E-state index >= 15 is 0 Å². The van der Waals surface area contributed by atoms with Gasteiger partial charge in [-0.1, -0.05) is 0 Å². The van der Waals surface area contributed by atoms with Crippen LogP contribution < -0.4 is 5.73 Å². The molecule has 0 aromatic carbocycles. The molecule has 0 radical (unpaired) electrons. The van der Waals surface area contributed by atoms with E-state index < -0.39 is 17.5 Å². The molecule has 1 aliphatic rings. The van der Waals surface area contributed by atoms with Crippen LogP contribution in [0, 0.1) is 0 Å². The van der Waals surface area contributed by atoms with Crippen molar-refractivity contribution >= 4 is 29.2 Å². The standard InChI is InChI=1S/C19H26N2O6/c1-10-11(2)16(23)13(12(3)15(10)22)7-8-19(4,27)18(26)21-14(17(24)25)6-5-9-20/h27H,5-9,20H2,1-4H3,(H,24,25)/t19-/m1/s1. The average molecular weight is 378 g/mol. The van der Waals surface area contributed by atoms with Gasteiger partial charge in [0.15, 0.2) is 11.6 Å². The lowest BCUT2D eigenvalue weighted by Gasteiger charge is -2.23. The number of carboxylic acid groups (broad SMARTS) is 1. The summed E-state index contributed by atoms with van der Waals surface area (Å²) in [6.07, 6.45) is 0.181. The van der Waals surface area contributed by atoms with Crippen LogP contribution in [0.1, 0.15) is 53.4 Å². The summed E-state index contributed by atoms with van der Waals surface area (Å²) in [6, 6.07) is 0. The number of Topliss-reactive ketones (excluding diaryl/α,β-unsaturated/α-hetero) is 2. The molecule has 1 amide bonds. The van der Waals surface area contributed by atoms with Crippen molar-refractivity contribution in [3.63, 3.8) is 0 Å². The van der Waals surface area contributed by atoms with Crippen LogP contribution in [0.5, 0.6) is 0 Å². The highest BCUT2D eigenvalue weighted by Crippen LogP contribution is 2.29. The Balaban J connectivity index is 2.97. The van der Waals surface area contributed by atoms with Crippen LogP contribution in [-0.2, 0) is 19.2 Å². The lowest BCUT2D eigenvalue weighted by atomic mass is 9.82. The number of allylic oxidation sites excluding steroid dienone is 4. The number of rotatable bonds is 8. The van der Waals surface area contributed by atoms with E-state index in [1.165, 1.54) is 13.8 Å². The highest BCUT2D eigenvalue weighted by molar-refractivity contribution is 6.37. The summed E-state index contributed by atoms with van der Waals surface area (Å²) in [6.45, 7) is 6.13. The molecule has 0 heterocycles. The minimum atomic E-state index is -1.97. The summed E-state index contributed by atoms with van der Waals surface area (Å²) in [7, 11) is 0. The number of aliphatic imine (C=N–C) groups is 1. The van der Waals surface area contributed by atoms with E-state index in [1.54, 1.807) is 13.8 Å². The van der Waals surface area contributed by atoms with Crippen molar-refractivity contribution in [3.05, 3.63) is 22.3 Å². The molecule has 1 atom stereocenters. The van der Waals surface area contributed by atoms with E-state index in [1.807, 2.05) is 0 Å². The Morgan fingerprint density at radius 2 is 1.63 bits per heavy atom. The number of hydrogen-bond acceptors (Lipinski definition) is 6. The number of aliphatic hydroxyl groups is 1. The van der Waals surface area contributed by atoms with E-state index in [0.717, 1.165) is 0 Å². The number of carboxylic acids is 1. The quantitative estimate of drug-likeness (QED) is 0.423. The van der Waals surface area contributed by atoms with Crippen LogP contribution in [0.25, 0.3) is 0 Å². The van der Waals surface area contributed by atoms with E-state index in [9.17, 15) is 24.3 Å². The Kier molecular flexibility index (Phi) is 7.50. The first-order chi connectivity index (χ1) is 12.4. The monoisotopic (exact) mass is 378 g/mol. The Bertz CT molecular complexity index is 771. The molecule has 0 saturated heterocycles. The zero-order valence-corrected chi connectivity index (χ0v) is 16.1. The number of nitrogens with two attached hydrogens (primary N) is 1. The fourth-order valence-electron chi connectivity index (χ4n) is 2.66. The van der Waals surface area contributed by atoms with Gasteiger partial charge in [-0.25, -0.2) is 9.79 Å². The molecule has 27 heavy (non-hydrogen) atoms. The summed E-state index contributed by atoms with van der Waals surface area (Å²) in [4.78, 5) is 51.5. The maximum Gasteiger partial charge on any atom is 0.350 e. The van der Waals surface area contributed by atoms with Crippen molar-refractivity contribution in [1.29, 1.82) is 0 Å². The van der Waals surface area contributed by atoms with Gasteiger partial charge in [0.25, 0.3) is 5.91 Å². The predicted molar refractivity (Wildman–Crippen MR) is 99.3 cm³/mol. The Morgan fingerprint density at radius 1 is 1.07 bits per heavy atom. The van der Waals surface area contributed by atoms with Gasteiger partial charge in [0, 0.05) is 22.3 Å². The highest BCUT2D eigenvalue weighted by Gasteiger charge is 2.34. The smallest absolute Gasteiger partial charge is 0.350 e. The third-order valence-corrected chi connectivity index (χ3v) is 4.73. The van der Waals surface area contributed by atoms with Crippen molar-refractivity contribution in [2.24, 2.45) is 10.7 Å². The molecule has 4 N–H and O–H groups in total. The van der Waals surface area contributed by atoms with Gasteiger partial charge < -0.3 is 15.9 Å². The maximum atomic E-state index is 12.4. The van der Waals surface area contributed by atoms with Gasteiger partial charge in [-0.3, -0.25) is 14.4 Å². The molecule has 0 spiro atoms. The third kappa shape index (κ3) is 5.27. The van der Waals surface area contributed by atoms with Gasteiger partial charge in [-0.2, -0.15) is 0 Å². The molecule has 8 heteroatoms. The van der Waals surface area contributed by atoms with Gasteiger partial charge in [0.1, 0.15) is 11.3 Å². The number of nitrogens with zero attached hydrogens (tertiary/aromatic N) is 1. The second kappa shape index (κ2) is 8.96. The largest absolute Gasteiger partial charge is 0.477 e. The number of aliphatic carboxylic acids is 1. The fraction of sp³-hybridized carbons (Fsp3) is 0.526. The topological polar surface area (TPSA) is 147 Å². The molecule has 0 unspecified atom stereocenters. The molecular weight excluding hydrogens is 352 g/mol. The Morgan fingerprint density at radius 3 is 2.15 bits per heavy atom. The summed E-state index contributed by atoms with van der Waals surface area (Å²) in [5.74, 6) is -2.88. The molecule has 8 nitrogen and oxygen atoms in total. The molecule has 0 aliphatic heterocycles. The van der Waals surface area contributed by atoms with Crippen LogP contribution in [0.4, 0.5) is 0 Å². The number of carbonyl (C=O) groups excluding carboxylic acids is 3. The molecule has 0 fully saturated rings. The predicted octanol–water partition coefficient (Wildman–Crippen LogP) is 1.11. The summed E-state index contributed by atoms with van der Waals surface area (Å²) < 4.78 is 0. The number of hydrogen-bond donors (Lipinski definition) is 3. The zero-order chi connectivity index (χ0) is 20.9. The molecular formula is C19H26N2O6. The van der Waals surface area contributed by atoms with E-state index in [0.29, 0.717) is 23.1 Å². The average Bonchev–Trinajstić information content (AvgIpc) is 2.61. The van der Waals surface area contributed by atoms with Crippen molar-refractivity contribution in [2.75, 3.05) is 6.54 Å². The van der Waals surface area contributed by atoms with E-state index in [-0.39, 0.29) is 48.7 Å². The highest BCUT2D eigenvalue weighted by atomic mass is 16.4. The summed E-state index contributed by atoms with van der Waals surface area (Å²) in [5, 5.41) is 19.5. The number of carbonyl (C=O) groups is 4. The molecule has 1 rings (SSSR count).